The Bertz CT molecular complexity index is 668. The number of anilines is 1. The molecular weight excluding hydrogens is 306 g/mol. The fourth-order valence-electron chi connectivity index (χ4n) is 2.34. The number of carbonyl (C=O) groups excluding carboxylic acids is 1. The number of amides is 1. The van der Waals surface area contributed by atoms with E-state index in [1.807, 2.05) is 50.2 Å². The van der Waals surface area contributed by atoms with Crippen molar-refractivity contribution in [2.24, 2.45) is 0 Å². The maximum absolute atomic E-state index is 12.5. The zero-order valence-electron chi connectivity index (χ0n) is 14.1. The van der Waals surface area contributed by atoms with Crippen molar-refractivity contribution < 1.29 is 9.53 Å². The normalized spacial score (nSPS) is 11.8. The van der Waals surface area contributed by atoms with Gasteiger partial charge in [-0.05, 0) is 55.7 Å². The molecular formula is C19H23NO2S. The minimum Gasteiger partial charge on any atom is -0.497 e. The first-order valence-electron chi connectivity index (χ1n) is 7.75. The minimum atomic E-state index is -0.173. The molecule has 2 rings (SSSR count). The van der Waals surface area contributed by atoms with Crippen LogP contribution in [0.4, 0.5) is 5.69 Å². The second kappa shape index (κ2) is 8.06. The Morgan fingerprint density at radius 3 is 2.52 bits per heavy atom. The number of thioether (sulfide) groups is 1. The molecule has 0 saturated carbocycles. The van der Waals surface area contributed by atoms with Crippen LogP contribution < -0.4 is 10.1 Å². The van der Waals surface area contributed by atoms with Crippen LogP contribution in [0.5, 0.6) is 5.75 Å². The quantitative estimate of drug-likeness (QED) is 0.782. The van der Waals surface area contributed by atoms with E-state index in [-0.39, 0.29) is 11.2 Å². The number of ether oxygens (including phenoxy) is 1. The van der Waals surface area contributed by atoms with Crippen molar-refractivity contribution >= 4 is 23.4 Å². The van der Waals surface area contributed by atoms with Gasteiger partial charge < -0.3 is 10.1 Å². The van der Waals surface area contributed by atoms with E-state index in [0.29, 0.717) is 0 Å². The number of para-hydroxylation sites is 1. The van der Waals surface area contributed by atoms with E-state index in [4.69, 9.17) is 4.74 Å². The molecule has 2 aromatic carbocycles. The Labute approximate surface area is 142 Å². The number of hydrogen-bond acceptors (Lipinski definition) is 3. The average molecular weight is 329 g/mol. The lowest BCUT2D eigenvalue weighted by Gasteiger charge is -2.16. The molecule has 0 unspecified atom stereocenters. The molecule has 4 heteroatoms. The van der Waals surface area contributed by atoms with Gasteiger partial charge in [-0.3, -0.25) is 4.79 Å². The highest BCUT2D eigenvalue weighted by Gasteiger charge is 2.16. The molecule has 0 radical (unpaired) electrons. The van der Waals surface area contributed by atoms with Gasteiger partial charge in [-0.2, -0.15) is 0 Å². The molecule has 122 valence electrons. The van der Waals surface area contributed by atoms with E-state index in [1.54, 1.807) is 18.9 Å². The molecule has 0 bridgehead atoms. The molecule has 0 aliphatic carbocycles. The molecule has 23 heavy (non-hydrogen) atoms. The first kappa shape index (κ1) is 17.4. The predicted octanol–water partition coefficient (Wildman–Crippen LogP) is 4.69. The van der Waals surface area contributed by atoms with Crippen molar-refractivity contribution in [3.63, 3.8) is 0 Å². The summed E-state index contributed by atoms with van der Waals surface area (Å²) in [5.74, 6) is 0.841. The van der Waals surface area contributed by atoms with Crippen LogP contribution in [0.15, 0.2) is 47.4 Å². The van der Waals surface area contributed by atoms with Gasteiger partial charge >= 0.3 is 0 Å². The molecule has 0 spiro atoms. The highest BCUT2D eigenvalue weighted by molar-refractivity contribution is 8.00. The highest BCUT2D eigenvalue weighted by atomic mass is 32.2. The van der Waals surface area contributed by atoms with Crippen molar-refractivity contribution in [3.05, 3.63) is 53.6 Å². The number of hydrogen-bond donors (Lipinski definition) is 1. The maximum atomic E-state index is 12.5. The summed E-state index contributed by atoms with van der Waals surface area (Å²) >= 11 is 1.54. The summed E-state index contributed by atoms with van der Waals surface area (Å²) in [6.07, 6.45) is 0.900. The first-order chi connectivity index (χ1) is 11.0. The number of benzene rings is 2. The Kier molecular flexibility index (Phi) is 6.11. The molecule has 3 nitrogen and oxygen atoms in total. The third-order valence-corrected chi connectivity index (χ3v) is 4.84. The highest BCUT2D eigenvalue weighted by Crippen LogP contribution is 2.27. The lowest BCUT2D eigenvalue weighted by atomic mass is 10.1. The van der Waals surface area contributed by atoms with E-state index < -0.39 is 0 Å². The van der Waals surface area contributed by atoms with Crippen molar-refractivity contribution in [2.75, 3.05) is 12.4 Å². The molecule has 2 aromatic rings. The van der Waals surface area contributed by atoms with Gasteiger partial charge in [0.1, 0.15) is 5.75 Å². The largest absolute Gasteiger partial charge is 0.497 e. The van der Waals surface area contributed by atoms with Gasteiger partial charge in [0.05, 0.1) is 12.4 Å². The number of methoxy groups -OCH3 is 1. The van der Waals surface area contributed by atoms with Crippen LogP contribution in [0.3, 0.4) is 0 Å². The molecule has 0 aliphatic heterocycles. The summed E-state index contributed by atoms with van der Waals surface area (Å²) in [6.45, 7) is 6.05. The van der Waals surface area contributed by atoms with E-state index in [9.17, 15) is 4.79 Å². The van der Waals surface area contributed by atoms with E-state index in [2.05, 4.69) is 18.3 Å². The third kappa shape index (κ3) is 4.52. The zero-order valence-corrected chi connectivity index (χ0v) is 14.9. The van der Waals surface area contributed by atoms with Gasteiger partial charge in [-0.1, -0.05) is 25.1 Å². The van der Waals surface area contributed by atoms with Crippen molar-refractivity contribution in [3.8, 4) is 5.75 Å². The summed E-state index contributed by atoms with van der Waals surface area (Å²) in [4.78, 5) is 13.6. The number of nitrogens with one attached hydrogen (secondary N) is 1. The monoisotopic (exact) mass is 329 g/mol. The second-order valence-corrected chi connectivity index (χ2v) is 6.80. The number of rotatable bonds is 6. The molecule has 0 aromatic heterocycles. The lowest BCUT2D eigenvalue weighted by Crippen LogP contribution is -2.23. The Hall–Kier alpha value is -1.94. The summed E-state index contributed by atoms with van der Waals surface area (Å²) in [7, 11) is 1.64. The molecule has 0 saturated heterocycles. The Morgan fingerprint density at radius 1 is 1.22 bits per heavy atom. The van der Waals surface area contributed by atoms with Gasteiger partial charge in [0.2, 0.25) is 5.91 Å². The van der Waals surface area contributed by atoms with E-state index in [1.165, 1.54) is 5.56 Å². The van der Waals surface area contributed by atoms with Crippen LogP contribution in [-0.4, -0.2) is 18.3 Å². The third-order valence-electron chi connectivity index (χ3n) is 3.73. The van der Waals surface area contributed by atoms with E-state index >= 15 is 0 Å². The smallest absolute Gasteiger partial charge is 0.237 e. The second-order valence-electron chi connectivity index (χ2n) is 5.39. The predicted molar refractivity (Wildman–Crippen MR) is 97.5 cm³/mol. The Morgan fingerprint density at radius 2 is 1.91 bits per heavy atom. The molecule has 0 aliphatic rings. The molecule has 1 N–H and O–H groups in total. The van der Waals surface area contributed by atoms with Gasteiger partial charge in [0.15, 0.2) is 0 Å². The van der Waals surface area contributed by atoms with Crippen LogP contribution in [0.25, 0.3) is 0 Å². The van der Waals surface area contributed by atoms with Crippen molar-refractivity contribution in [1.82, 2.24) is 0 Å². The first-order valence-corrected chi connectivity index (χ1v) is 8.63. The van der Waals surface area contributed by atoms with Crippen molar-refractivity contribution in [2.45, 2.75) is 37.3 Å². The summed E-state index contributed by atoms with van der Waals surface area (Å²) < 4.78 is 5.15. The fourth-order valence-corrected chi connectivity index (χ4v) is 3.21. The van der Waals surface area contributed by atoms with Crippen LogP contribution in [-0.2, 0) is 11.2 Å². The van der Waals surface area contributed by atoms with Crippen LogP contribution in [0, 0.1) is 6.92 Å². The van der Waals surface area contributed by atoms with Gasteiger partial charge in [0, 0.05) is 10.6 Å². The van der Waals surface area contributed by atoms with Crippen LogP contribution >= 0.6 is 11.8 Å². The average Bonchev–Trinajstić information content (AvgIpc) is 2.57. The molecule has 1 atom stereocenters. The lowest BCUT2D eigenvalue weighted by molar-refractivity contribution is -0.115. The topological polar surface area (TPSA) is 38.3 Å². The molecule has 0 fully saturated rings. The maximum Gasteiger partial charge on any atom is 0.237 e. The van der Waals surface area contributed by atoms with Gasteiger partial charge in [0.25, 0.3) is 0 Å². The summed E-state index contributed by atoms with van der Waals surface area (Å²) in [5, 5.41) is 2.91. The molecule has 1 amide bonds. The number of carbonyl (C=O) groups is 1. The molecule has 0 heterocycles. The van der Waals surface area contributed by atoms with Gasteiger partial charge in [-0.15, -0.1) is 11.8 Å². The standard InChI is InChI=1S/C19H23NO2S/c1-5-15-8-6-7-13(2)18(15)20-19(21)14(3)23-17-11-9-16(22-4)10-12-17/h6-12,14H,5H2,1-4H3,(H,20,21)/t14-/m0/s1. The fraction of sp³-hybridized carbons (Fsp3) is 0.316. The van der Waals surface area contributed by atoms with Crippen molar-refractivity contribution in [1.29, 1.82) is 0 Å². The summed E-state index contributed by atoms with van der Waals surface area (Å²) in [5.41, 5.74) is 3.21. The number of aryl methyl sites for hydroxylation is 2. The SMILES string of the molecule is CCc1cccc(C)c1NC(=O)[C@H](C)Sc1ccc(OC)cc1. The van der Waals surface area contributed by atoms with Crippen LogP contribution in [0.1, 0.15) is 25.0 Å². The van der Waals surface area contributed by atoms with Crippen LogP contribution in [0.2, 0.25) is 0 Å². The zero-order chi connectivity index (χ0) is 16.8. The minimum absolute atomic E-state index is 0.0230. The Balaban J connectivity index is 2.05. The van der Waals surface area contributed by atoms with E-state index in [0.717, 1.165) is 28.3 Å². The summed E-state index contributed by atoms with van der Waals surface area (Å²) in [6, 6.07) is 13.9. The van der Waals surface area contributed by atoms with Gasteiger partial charge in [-0.25, -0.2) is 0 Å².